The Bertz CT molecular complexity index is 970. The van der Waals surface area contributed by atoms with E-state index in [1.165, 1.54) is 11.1 Å². The summed E-state index contributed by atoms with van der Waals surface area (Å²) in [6.07, 6.45) is 0. The number of benzene rings is 2. The van der Waals surface area contributed by atoms with Gasteiger partial charge in [0.1, 0.15) is 11.0 Å². The lowest BCUT2D eigenvalue weighted by atomic mass is 10.1. The Morgan fingerprint density at radius 2 is 1.68 bits per heavy atom. The van der Waals surface area contributed by atoms with Crippen molar-refractivity contribution in [1.29, 1.82) is 0 Å². The minimum Gasteiger partial charge on any atom is -0.356 e. The van der Waals surface area contributed by atoms with Crippen molar-refractivity contribution in [3.05, 3.63) is 82.5 Å². The maximum absolute atomic E-state index is 6.24. The van der Waals surface area contributed by atoms with Crippen LogP contribution in [0.2, 0.25) is 5.15 Å². The lowest BCUT2D eigenvalue weighted by Crippen LogP contribution is -2.31. The van der Waals surface area contributed by atoms with E-state index in [1.807, 2.05) is 18.2 Å². The smallest absolute Gasteiger partial charge is 0.232 e. The van der Waals surface area contributed by atoms with E-state index in [1.54, 1.807) is 6.07 Å². The van der Waals surface area contributed by atoms with Gasteiger partial charge in [0.25, 0.3) is 0 Å². The van der Waals surface area contributed by atoms with Gasteiger partial charge in [-0.25, -0.2) is 4.98 Å². The van der Waals surface area contributed by atoms with E-state index in [4.69, 9.17) is 23.8 Å². The topological polar surface area (TPSA) is 53.1 Å². The van der Waals surface area contributed by atoms with Gasteiger partial charge in [-0.15, -0.1) is 0 Å². The monoisotopic (exact) mass is 409 g/mol. The number of rotatable bonds is 4. The average molecular weight is 410 g/mol. The number of nitrogens with zero attached hydrogens (tertiary/aromatic N) is 3. The Morgan fingerprint density at radius 1 is 1.04 bits per heavy atom. The fourth-order valence-corrected chi connectivity index (χ4v) is 3.72. The van der Waals surface area contributed by atoms with E-state index >= 15 is 0 Å². The van der Waals surface area contributed by atoms with Gasteiger partial charge in [-0.1, -0.05) is 66.2 Å². The van der Waals surface area contributed by atoms with Gasteiger partial charge in [0.05, 0.1) is 6.04 Å². The van der Waals surface area contributed by atoms with Crippen LogP contribution in [0.5, 0.6) is 0 Å². The first-order chi connectivity index (χ1) is 13.6. The third kappa shape index (κ3) is 4.24. The Hall–Kier alpha value is -2.70. The quantitative estimate of drug-likeness (QED) is 0.481. The van der Waals surface area contributed by atoms with Gasteiger partial charge in [-0.3, -0.25) is 0 Å². The molecule has 0 fully saturated rings. The summed E-state index contributed by atoms with van der Waals surface area (Å²) in [7, 11) is 0. The summed E-state index contributed by atoms with van der Waals surface area (Å²) in [6, 6.07) is 20.3. The molecule has 4 rings (SSSR count). The largest absolute Gasteiger partial charge is 0.356 e. The minimum absolute atomic E-state index is 0.0629. The van der Waals surface area contributed by atoms with E-state index in [0.29, 0.717) is 16.2 Å². The molecule has 2 N–H and O–H groups in total. The maximum Gasteiger partial charge on any atom is 0.232 e. The predicted molar refractivity (Wildman–Crippen MR) is 118 cm³/mol. The Labute approximate surface area is 174 Å². The van der Waals surface area contributed by atoms with Gasteiger partial charge in [-0.2, -0.15) is 4.98 Å². The maximum atomic E-state index is 6.24. The van der Waals surface area contributed by atoms with Crippen LogP contribution in [-0.4, -0.2) is 15.1 Å². The number of aromatic nitrogens is 2. The molecule has 142 valence electrons. The molecule has 1 atom stereocenters. The lowest BCUT2D eigenvalue weighted by molar-refractivity contribution is 0.722. The molecule has 2 heterocycles. The van der Waals surface area contributed by atoms with Crippen molar-refractivity contribution in [3.63, 3.8) is 0 Å². The van der Waals surface area contributed by atoms with Crippen molar-refractivity contribution in [2.24, 2.45) is 0 Å². The summed E-state index contributed by atoms with van der Waals surface area (Å²) in [6.45, 7) is 3.66. The van der Waals surface area contributed by atoms with Crippen LogP contribution in [0.25, 0.3) is 0 Å². The molecule has 0 amide bonds. The highest BCUT2D eigenvalue weighted by Crippen LogP contribution is 2.28. The molecule has 1 unspecified atom stereocenters. The molecule has 2 aromatic carbocycles. The number of thiocarbonyl (C=S) groups is 1. The summed E-state index contributed by atoms with van der Waals surface area (Å²) in [4.78, 5) is 11.0. The fourth-order valence-electron chi connectivity index (χ4n) is 3.28. The molecule has 1 aliphatic rings. The zero-order valence-corrected chi connectivity index (χ0v) is 17.0. The molecule has 28 heavy (non-hydrogen) atoms. The normalized spacial score (nSPS) is 13.7. The summed E-state index contributed by atoms with van der Waals surface area (Å²) >= 11 is 11.7. The van der Waals surface area contributed by atoms with E-state index in [-0.39, 0.29) is 6.04 Å². The molecule has 1 aromatic heterocycles. The summed E-state index contributed by atoms with van der Waals surface area (Å²) in [5, 5.41) is 7.14. The van der Waals surface area contributed by atoms with Crippen LogP contribution in [0.4, 0.5) is 11.8 Å². The van der Waals surface area contributed by atoms with E-state index in [9.17, 15) is 0 Å². The van der Waals surface area contributed by atoms with Crippen LogP contribution in [0, 0.1) is 0 Å². The second-order valence-electron chi connectivity index (χ2n) is 6.73. The van der Waals surface area contributed by atoms with Crippen molar-refractivity contribution in [2.75, 3.05) is 10.2 Å². The minimum atomic E-state index is 0.0629. The van der Waals surface area contributed by atoms with E-state index < -0.39 is 0 Å². The third-order valence-corrected chi connectivity index (χ3v) is 5.13. The molecule has 0 radical (unpaired) electrons. The summed E-state index contributed by atoms with van der Waals surface area (Å²) < 4.78 is 0. The standard InChI is InChI=1S/C21H20ClN5S/c1-14(15-7-3-2-4-8-15)23-21(28)26-20-24-18(22)11-19(25-20)27-12-16-9-5-6-10-17(16)13-27/h2-11,14H,12-13H2,1H3,(H2,23,24,25,26,28). The predicted octanol–water partition coefficient (Wildman–Crippen LogP) is 4.70. The molecule has 0 saturated heterocycles. The van der Waals surface area contributed by atoms with Crippen molar-refractivity contribution < 1.29 is 0 Å². The van der Waals surface area contributed by atoms with Crippen molar-refractivity contribution in [3.8, 4) is 0 Å². The van der Waals surface area contributed by atoms with Crippen molar-refractivity contribution >= 4 is 40.7 Å². The number of hydrogen-bond acceptors (Lipinski definition) is 4. The van der Waals surface area contributed by atoms with Crippen LogP contribution in [-0.2, 0) is 13.1 Å². The number of fused-ring (bicyclic) bond motifs is 1. The number of hydrogen-bond donors (Lipinski definition) is 2. The van der Waals surface area contributed by atoms with Gasteiger partial charge in [0.2, 0.25) is 5.95 Å². The first kappa shape index (κ1) is 18.7. The second kappa shape index (κ2) is 8.12. The average Bonchev–Trinajstić information content (AvgIpc) is 3.12. The molecule has 7 heteroatoms. The SMILES string of the molecule is CC(NC(=S)Nc1nc(Cl)cc(N2Cc3ccccc3C2)n1)c1ccccc1. The highest BCUT2D eigenvalue weighted by molar-refractivity contribution is 7.80. The van der Waals surface area contributed by atoms with Crippen LogP contribution < -0.4 is 15.5 Å². The molecule has 0 saturated carbocycles. The molecular weight excluding hydrogens is 390 g/mol. The number of nitrogens with one attached hydrogen (secondary N) is 2. The number of halogens is 1. The first-order valence-corrected chi connectivity index (χ1v) is 9.86. The van der Waals surface area contributed by atoms with Crippen LogP contribution in [0.15, 0.2) is 60.7 Å². The third-order valence-electron chi connectivity index (χ3n) is 4.72. The Balaban J connectivity index is 1.45. The highest BCUT2D eigenvalue weighted by atomic mass is 35.5. The first-order valence-electron chi connectivity index (χ1n) is 9.07. The zero-order valence-electron chi connectivity index (χ0n) is 15.4. The summed E-state index contributed by atoms with van der Waals surface area (Å²) in [5.74, 6) is 1.16. The molecule has 0 bridgehead atoms. The van der Waals surface area contributed by atoms with Crippen LogP contribution in [0.1, 0.15) is 29.7 Å². The van der Waals surface area contributed by atoms with E-state index in [2.05, 4.69) is 68.8 Å². The second-order valence-corrected chi connectivity index (χ2v) is 7.52. The Kier molecular flexibility index (Phi) is 5.41. The van der Waals surface area contributed by atoms with Crippen molar-refractivity contribution in [1.82, 2.24) is 15.3 Å². The van der Waals surface area contributed by atoms with Gasteiger partial charge in [0, 0.05) is 19.2 Å². The van der Waals surface area contributed by atoms with Gasteiger partial charge < -0.3 is 15.5 Å². The van der Waals surface area contributed by atoms with Gasteiger partial charge >= 0.3 is 0 Å². The van der Waals surface area contributed by atoms with Crippen LogP contribution >= 0.6 is 23.8 Å². The highest BCUT2D eigenvalue weighted by Gasteiger charge is 2.21. The van der Waals surface area contributed by atoms with Gasteiger partial charge in [0.15, 0.2) is 5.11 Å². The summed E-state index contributed by atoms with van der Waals surface area (Å²) in [5.41, 5.74) is 3.76. The molecule has 3 aromatic rings. The lowest BCUT2D eigenvalue weighted by Gasteiger charge is -2.19. The molecule has 0 aliphatic carbocycles. The molecule has 0 spiro atoms. The van der Waals surface area contributed by atoms with E-state index in [0.717, 1.165) is 24.5 Å². The van der Waals surface area contributed by atoms with Gasteiger partial charge in [-0.05, 0) is 35.8 Å². The molecule has 5 nitrogen and oxygen atoms in total. The number of anilines is 2. The molecule has 1 aliphatic heterocycles. The van der Waals surface area contributed by atoms with Crippen molar-refractivity contribution in [2.45, 2.75) is 26.1 Å². The Morgan fingerprint density at radius 3 is 2.36 bits per heavy atom. The fraction of sp³-hybridized carbons (Fsp3) is 0.190. The molecular formula is C21H20ClN5S. The van der Waals surface area contributed by atoms with Crippen LogP contribution in [0.3, 0.4) is 0 Å². The zero-order chi connectivity index (χ0) is 19.5.